The maximum atomic E-state index is 12.5. The van der Waals surface area contributed by atoms with E-state index in [9.17, 15) is 9.59 Å². The predicted octanol–water partition coefficient (Wildman–Crippen LogP) is 2.21. The highest BCUT2D eigenvalue weighted by Gasteiger charge is 2.21. The first-order chi connectivity index (χ1) is 9.61. The molecule has 1 N–H and O–H groups in total. The normalized spacial score (nSPS) is 11.7. The Hall–Kier alpha value is -1.85. The van der Waals surface area contributed by atoms with Crippen LogP contribution in [0.1, 0.15) is 51.4 Å². The molecule has 0 aromatic carbocycles. The Kier molecular flexibility index (Phi) is 5.52. The summed E-state index contributed by atoms with van der Waals surface area (Å²) in [5, 5.41) is 13.0. The van der Waals surface area contributed by atoms with Gasteiger partial charge >= 0.3 is 5.97 Å². The van der Waals surface area contributed by atoms with Crippen molar-refractivity contribution in [2.24, 2.45) is 5.92 Å². The molecule has 1 amide bonds. The number of hydrogen-bond acceptors (Lipinski definition) is 3. The Balaban J connectivity index is 2.88. The highest BCUT2D eigenvalue weighted by Crippen LogP contribution is 2.15. The number of carbonyl (C=O) groups excluding carboxylic acids is 1. The predicted molar refractivity (Wildman–Crippen MR) is 80.2 cm³/mol. The second-order valence-corrected chi connectivity index (χ2v) is 6.63. The topological polar surface area (TPSA) is 75.4 Å². The van der Waals surface area contributed by atoms with E-state index in [1.165, 1.54) is 0 Å². The number of amides is 1. The zero-order valence-electron chi connectivity index (χ0n) is 13.5. The van der Waals surface area contributed by atoms with Crippen molar-refractivity contribution in [3.8, 4) is 0 Å². The molecule has 0 fully saturated rings. The van der Waals surface area contributed by atoms with Crippen molar-refractivity contribution in [3.63, 3.8) is 0 Å². The first-order valence-corrected chi connectivity index (χ1v) is 7.17. The fourth-order valence-electron chi connectivity index (χ4n) is 1.93. The van der Waals surface area contributed by atoms with Gasteiger partial charge < -0.3 is 10.0 Å². The number of aliphatic carboxylic acids is 1. The summed E-state index contributed by atoms with van der Waals surface area (Å²) in [6, 6.07) is 0. The third-order valence-electron chi connectivity index (χ3n) is 2.99. The van der Waals surface area contributed by atoms with Gasteiger partial charge in [-0.2, -0.15) is 5.10 Å². The zero-order valence-corrected chi connectivity index (χ0v) is 13.5. The first kappa shape index (κ1) is 17.2. The summed E-state index contributed by atoms with van der Waals surface area (Å²) in [6.07, 6.45) is 3.21. The van der Waals surface area contributed by atoms with E-state index in [2.05, 4.69) is 5.10 Å². The number of carboxylic acids is 1. The SMILES string of the molecule is CC(C)CN(CCC(=O)O)C(=O)c1cnn(C(C)(C)C)c1. The van der Waals surface area contributed by atoms with Gasteiger partial charge in [-0.3, -0.25) is 14.3 Å². The molecule has 118 valence electrons. The van der Waals surface area contributed by atoms with Gasteiger partial charge in [-0.25, -0.2) is 0 Å². The lowest BCUT2D eigenvalue weighted by molar-refractivity contribution is -0.137. The van der Waals surface area contributed by atoms with Crippen LogP contribution in [0, 0.1) is 5.92 Å². The first-order valence-electron chi connectivity index (χ1n) is 7.17. The fourth-order valence-corrected chi connectivity index (χ4v) is 1.93. The minimum absolute atomic E-state index is 0.0497. The molecule has 6 heteroatoms. The van der Waals surface area contributed by atoms with Crippen LogP contribution >= 0.6 is 0 Å². The van der Waals surface area contributed by atoms with Crippen molar-refractivity contribution in [2.45, 2.75) is 46.6 Å². The summed E-state index contributed by atoms with van der Waals surface area (Å²) >= 11 is 0. The summed E-state index contributed by atoms with van der Waals surface area (Å²) in [5.41, 5.74) is 0.304. The molecule has 0 aliphatic rings. The molecule has 0 unspecified atom stereocenters. The molecule has 0 radical (unpaired) electrons. The average Bonchev–Trinajstić information content (AvgIpc) is 2.82. The Morgan fingerprint density at radius 1 is 1.38 bits per heavy atom. The van der Waals surface area contributed by atoms with Gasteiger partial charge in [0, 0.05) is 19.3 Å². The molecule has 0 aliphatic heterocycles. The quantitative estimate of drug-likeness (QED) is 0.873. The minimum Gasteiger partial charge on any atom is -0.481 e. The van der Waals surface area contributed by atoms with Gasteiger partial charge in [0.15, 0.2) is 0 Å². The van der Waals surface area contributed by atoms with Gasteiger partial charge in [0.2, 0.25) is 0 Å². The second kappa shape index (κ2) is 6.74. The van der Waals surface area contributed by atoms with Crippen LogP contribution in [0.15, 0.2) is 12.4 Å². The van der Waals surface area contributed by atoms with Crippen LogP contribution in [0.3, 0.4) is 0 Å². The monoisotopic (exact) mass is 295 g/mol. The molecule has 0 saturated carbocycles. The van der Waals surface area contributed by atoms with E-state index in [1.54, 1.807) is 22.0 Å². The van der Waals surface area contributed by atoms with Crippen LogP contribution in [0.25, 0.3) is 0 Å². The molecule has 1 aromatic rings. The van der Waals surface area contributed by atoms with E-state index in [-0.39, 0.29) is 30.3 Å². The Morgan fingerprint density at radius 3 is 2.43 bits per heavy atom. The third kappa shape index (κ3) is 5.21. The van der Waals surface area contributed by atoms with Crippen molar-refractivity contribution < 1.29 is 14.7 Å². The van der Waals surface area contributed by atoms with E-state index in [4.69, 9.17) is 5.11 Å². The maximum Gasteiger partial charge on any atom is 0.305 e. The molecule has 0 bridgehead atoms. The molecule has 21 heavy (non-hydrogen) atoms. The molecule has 1 aromatic heterocycles. The van der Waals surface area contributed by atoms with Crippen LogP contribution in [0.2, 0.25) is 0 Å². The van der Waals surface area contributed by atoms with Crippen LogP contribution in [0.5, 0.6) is 0 Å². The molecule has 0 saturated heterocycles. The zero-order chi connectivity index (χ0) is 16.2. The van der Waals surface area contributed by atoms with E-state index in [1.807, 2.05) is 34.6 Å². The smallest absolute Gasteiger partial charge is 0.305 e. The number of carbonyl (C=O) groups is 2. The van der Waals surface area contributed by atoms with E-state index in [0.717, 1.165) is 0 Å². The van der Waals surface area contributed by atoms with Crippen molar-refractivity contribution in [3.05, 3.63) is 18.0 Å². The van der Waals surface area contributed by atoms with Gasteiger partial charge in [0.1, 0.15) is 0 Å². The largest absolute Gasteiger partial charge is 0.481 e. The number of carboxylic acid groups (broad SMARTS) is 1. The molecular weight excluding hydrogens is 270 g/mol. The minimum atomic E-state index is -0.901. The number of nitrogens with zero attached hydrogens (tertiary/aromatic N) is 3. The molecule has 1 rings (SSSR count). The van der Waals surface area contributed by atoms with E-state index < -0.39 is 5.97 Å². The van der Waals surface area contributed by atoms with Crippen molar-refractivity contribution in [2.75, 3.05) is 13.1 Å². The van der Waals surface area contributed by atoms with Crippen molar-refractivity contribution >= 4 is 11.9 Å². The van der Waals surface area contributed by atoms with Crippen LogP contribution in [0.4, 0.5) is 0 Å². The summed E-state index contributed by atoms with van der Waals surface area (Å²) in [6.45, 7) is 10.8. The number of hydrogen-bond donors (Lipinski definition) is 1. The highest BCUT2D eigenvalue weighted by atomic mass is 16.4. The lowest BCUT2D eigenvalue weighted by Crippen LogP contribution is -2.35. The molecule has 0 spiro atoms. The van der Waals surface area contributed by atoms with Gasteiger partial charge in [-0.15, -0.1) is 0 Å². The maximum absolute atomic E-state index is 12.5. The molecule has 0 aliphatic carbocycles. The average molecular weight is 295 g/mol. The van der Waals surface area contributed by atoms with Crippen LogP contribution in [-0.4, -0.2) is 44.8 Å². The summed E-state index contributed by atoms with van der Waals surface area (Å²) in [4.78, 5) is 24.8. The Labute approximate surface area is 125 Å². The molecule has 0 atom stereocenters. The molecular formula is C15H25N3O3. The van der Waals surface area contributed by atoms with Crippen molar-refractivity contribution in [1.82, 2.24) is 14.7 Å². The summed E-state index contributed by atoms with van der Waals surface area (Å²) in [5.74, 6) is -0.789. The number of rotatable bonds is 6. The standard InChI is InChI=1S/C15H25N3O3/c1-11(2)9-17(7-6-13(19)20)14(21)12-8-16-18(10-12)15(3,4)5/h8,10-11H,6-7,9H2,1-5H3,(H,19,20). The van der Waals surface area contributed by atoms with E-state index >= 15 is 0 Å². The molecule has 6 nitrogen and oxygen atoms in total. The van der Waals surface area contributed by atoms with Crippen LogP contribution < -0.4 is 0 Å². The molecule has 1 heterocycles. The highest BCUT2D eigenvalue weighted by molar-refractivity contribution is 5.94. The van der Waals surface area contributed by atoms with Gasteiger partial charge in [0.05, 0.1) is 23.7 Å². The lowest BCUT2D eigenvalue weighted by atomic mass is 10.1. The van der Waals surface area contributed by atoms with Gasteiger partial charge in [-0.05, 0) is 26.7 Å². The van der Waals surface area contributed by atoms with Gasteiger partial charge in [0.25, 0.3) is 5.91 Å². The van der Waals surface area contributed by atoms with Crippen molar-refractivity contribution in [1.29, 1.82) is 0 Å². The summed E-state index contributed by atoms with van der Waals surface area (Å²) in [7, 11) is 0. The second-order valence-electron chi connectivity index (χ2n) is 6.63. The Morgan fingerprint density at radius 2 is 2.00 bits per heavy atom. The van der Waals surface area contributed by atoms with Crippen LogP contribution in [-0.2, 0) is 10.3 Å². The Bertz CT molecular complexity index is 501. The van der Waals surface area contributed by atoms with Gasteiger partial charge in [-0.1, -0.05) is 13.8 Å². The summed E-state index contributed by atoms with van der Waals surface area (Å²) < 4.78 is 1.74. The third-order valence-corrected chi connectivity index (χ3v) is 2.99. The fraction of sp³-hybridized carbons (Fsp3) is 0.667. The number of aromatic nitrogens is 2. The lowest BCUT2D eigenvalue weighted by Gasteiger charge is -2.23. The van der Waals surface area contributed by atoms with E-state index in [0.29, 0.717) is 12.1 Å².